The van der Waals surface area contributed by atoms with Gasteiger partial charge in [-0.05, 0) is 38.5 Å². The molecule has 1 heterocycles. The monoisotopic (exact) mass is 809 g/mol. The van der Waals surface area contributed by atoms with Crippen LogP contribution in [0.4, 0.5) is 0 Å². The lowest BCUT2D eigenvalue weighted by Gasteiger charge is -2.41. The van der Waals surface area contributed by atoms with Gasteiger partial charge in [0, 0.05) is 13.0 Å². The highest BCUT2D eigenvalue weighted by molar-refractivity contribution is 7.80. The Bertz CT molecular complexity index is 1030. The topological polar surface area (TPSA) is 178 Å². The van der Waals surface area contributed by atoms with Gasteiger partial charge in [0.2, 0.25) is 0 Å². The lowest BCUT2D eigenvalue weighted by Crippen LogP contribution is -2.60. The van der Waals surface area contributed by atoms with Crippen molar-refractivity contribution in [1.82, 2.24) is 0 Å². The Morgan fingerprint density at radius 1 is 0.673 bits per heavy atom. The zero-order chi connectivity index (χ0) is 40.4. The summed E-state index contributed by atoms with van der Waals surface area (Å²) >= 11 is 0. The lowest BCUT2D eigenvalue weighted by atomic mass is 9.99. The van der Waals surface area contributed by atoms with Crippen molar-refractivity contribution in [1.29, 1.82) is 0 Å². The van der Waals surface area contributed by atoms with Gasteiger partial charge in [0.1, 0.15) is 30.5 Å². The van der Waals surface area contributed by atoms with Gasteiger partial charge in [-0.2, -0.15) is 8.42 Å². The third-order valence-corrected chi connectivity index (χ3v) is 10.6. The van der Waals surface area contributed by atoms with Crippen LogP contribution in [0.5, 0.6) is 0 Å². The predicted molar refractivity (Wildman–Crippen MR) is 216 cm³/mol. The average molecular weight is 809 g/mol. The minimum Gasteiger partial charge on any atom is -0.457 e. The summed E-state index contributed by atoms with van der Waals surface area (Å²) in [4.78, 5) is 12.5. The van der Waals surface area contributed by atoms with E-state index in [1.165, 1.54) is 122 Å². The van der Waals surface area contributed by atoms with Crippen LogP contribution >= 0.6 is 0 Å². The van der Waals surface area contributed by atoms with Crippen LogP contribution in [0.15, 0.2) is 12.2 Å². The molecular weight excluding hydrogens is 729 g/mol. The van der Waals surface area contributed by atoms with Crippen LogP contribution in [-0.2, 0) is 38.3 Å². The molecule has 0 radical (unpaired) electrons. The summed E-state index contributed by atoms with van der Waals surface area (Å²) in [5.74, 6) is -0.415. The fourth-order valence-electron chi connectivity index (χ4n) is 6.78. The van der Waals surface area contributed by atoms with Gasteiger partial charge in [0.25, 0.3) is 0 Å². The van der Waals surface area contributed by atoms with Gasteiger partial charge in [0.15, 0.2) is 6.29 Å². The molecule has 6 atom stereocenters. The zero-order valence-corrected chi connectivity index (χ0v) is 35.3. The second-order valence-corrected chi connectivity index (χ2v) is 16.3. The first kappa shape index (κ1) is 51.9. The number of carbonyl (C=O) groups excluding carboxylic acids is 1. The summed E-state index contributed by atoms with van der Waals surface area (Å²) in [5, 5.41) is 30.4. The Labute approximate surface area is 334 Å². The van der Waals surface area contributed by atoms with E-state index in [-0.39, 0.29) is 19.6 Å². The molecule has 326 valence electrons. The average Bonchev–Trinajstić information content (AvgIpc) is 3.15. The van der Waals surface area contributed by atoms with Gasteiger partial charge in [-0.3, -0.25) is 9.35 Å². The van der Waals surface area contributed by atoms with Gasteiger partial charge in [-0.1, -0.05) is 154 Å². The highest BCUT2D eigenvalue weighted by atomic mass is 32.3. The minimum absolute atomic E-state index is 0.0383. The molecule has 0 amide bonds. The zero-order valence-electron chi connectivity index (χ0n) is 34.5. The molecule has 13 heteroatoms. The third-order valence-electron chi connectivity index (χ3n) is 10.1. The molecule has 1 saturated heterocycles. The number of unbranched alkanes of at least 4 members (excludes halogenated alkanes) is 23. The fraction of sp³-hybridized carbons (Fsp3) is 0.929. The van der Waals surface area contributed by atoms with Gasteiger partial charge in [-0.25, -0.2) is 4.18 Å². The first-order valence-corrected chi connectivity index (χ1v) is 23.3. The molecule has 0 aromatic heterocycles. The van der Waals surface area contributed by atoms with Crippen LogP contribution in [0.2, 0.25) is 0 Å². The first-order valence-electron chi connectivity index (χ1n) is 21.9. The Balaban J connectivity index is 2.20. The number of ether oxygens (including phenoxy) is 4. The summed E-state index contributed by atoms with van der Waals surface area (Å²) < 4.78 is 58.5. The number of aliphatic hydroxyl groups is 3. The Morgan fingerprint density at radius 2 is 1.15 bits per heavy atom. The quantitative estimate of drug-likeness (QED) is 0.0202. The molecular formula is C42H80O12S. The molecule has 0 spiro atoms. The normalized spacial score (nSPS) is 21.0. The summed E-state index contributed by atoms with van der Waals surface area (Å²) in [6, 6.07) is 0. The molecule has 6 unspecified atom stereocenters. The smallest absolute Gasteiger partial charge is 0.397 e. The summed E-state index contributed by atoms with van der Waals surface area (Å²) in [7, 11) is -5.05. The Hall–Kier alpha value is -1.16. The fourth-order valence-corrected chi connectivity index (χ4v) is 7.29. The van der Waals surface area contributed by atoms with E-state index in [1.54, 1.807) is 0 Å². The largest absolute Gasteiger partial charge is 0.457 e. The number of allylic oxidation sites excluding steroid dienone is 2. The third kappa shape index (κ3) is 28.8. The highest BCUT2D eigenvalue weighted by Gasteiger charge is 2.48. The van der Waals surface area contributed by atoms with Crippen molar-refractivity contribution in [2.45, 2.75) is 224 Å². The Kier molecular flexibility index (Phi) is 32.9. The second kappa shape index (κ2) is 34.8. The molecule has 1 fully saturated rings. The van der Waals surface area contributed by atoms with Crippen LogP contribution in [0.1, 0.15) is 187 Å². The van der Waals surface area contributed by atoms with E-state index >= 15 is 0 Å². The van der Waals surface area contributed by atoms with Crippen molar-refractivity contribution in [2.75, 3.05) is 26.4 Å². The van der Waals surface area contributed by atoms with Crippen molar-refractivity contribution in [2.24, 2.45) is 0 Å². The number of rotatable bonds is 38. The molecule has 12 nitrogen and oxygen atoms in total. The van der Waals surface area contributed by atoms with E-state index in [1.807, 2.05) is 0 Å². The highest BCUT2D eigenvalue weighted by Crippen LogP contribution is 2.26. The molecule has 1 aliphatic heterocycles. The second-order valence-electron chi connectivity index (χ2n) is 15.3. The number of hydrogen-bond acceptors (Lipinski definition) is 11. The molecule has 1 rings (SSSR count). The van der Waals surface area contributed by atoms with Gasteiger partial charge in [0.05, 0.1) is 19.8 Å². The van der Waals surface area contributed by atoms with Gasteiger partial charge < -0.3 is 34.3 Å². The molecule has 0 aliphatic carbocycles. The van der Waals surface area contributed by atoms with E-state index in [9.17, 15) is 28.5 Å². The van der Waals surface area contributed by atoms with Gasteiger partial charge in [-0.15, -0.1) is 0 Å². The van der Waals surface area contributed by atoms with Crippen molar-refractivity contribution in [3.05, 3.63) is 12.2 Å². The summed E-state index contributed by atoms with van der Waals surface area (Å²) in [5.41, 5.74) is 0. The number of esters is 1. The van der Waals surface area contributed by atoms with Gasteiger partial charge >= 0.3 is 16.4 Å². The van der Waals surface area contributed by atoms with E-state index in [4.69, 9.17) is 23.5 Å². The van der Waals surface area contributed by atoms with Crippen LogP contribution in [-0.4, -0.2) is 97.5 Å². The van der Waals surface area contributed by atoms with Crippen LogP contribution in [0, 0.1) is 0 Å². The number of carbonyl (C=O) groups is 1. The van der Waals surface area contributed by atoms with E-state index in [0.717, 1.165) is 38.5 Å². The molecule has 0 aromatic rings. The Morgan fingerprint density at radius 3 is 1.64 bits per heavy atom. The van der Waals surface area contributed by atoms with E-state index in [2.05, 4.69) is 30.2 Å². The standard InChI is InChI=1S/C42H80O12S/c1-3-5-7-9-10-11-12-13-14-15-16-17-18-19-20-21-22-23-24-25-26-27-28-30-32-50-34-36(52-38(44)31-29-8-6-4-2)35-51-42-40(46)41(54-55(47,48)49)39(45)37(33-43)53-42/h15-16,36-37,39-43,45-46H,3-14,17-35H2,1-2H3,(H,47,48,49)/b16-15-. The summed E-state index contributed by atoms with van der Waals surface area (Å²) in [6.45, 7) is 3.86. The van der Waals surface area contributed by atoms with Crippen LogP contribution < -0.4 is 0 Å². The number of hydrogen-bond donors (Lipinski definition) is 4. The molecule has 55 heavy (non-hydrogen) atoms. The maximum absolute atomic E-state index is 12.5. The molecule has 4 N–H and O–H groups in total. The number of aliphatic hydroxyl groups excluding tert-OH is 3. The molecule has 0 saturated carbocycles. The van der Waals surface area contributed by atoms with Crippen molar-refractivity contribution < 1.29 is 56.2 Å². The van der Waals surface area contributed by atoms with Crippen molar-refractivity contribution in [3.63, 3.8) is 0 Å². The van der Waals surface area contributed by atoms with Crippen LogP contribution in [0.3, 0.4) is 0 Å². The predicted octanol–water partition coefficient (Wildman–Crippen LogP) is 8.69. The maximum Gasteiger partial charge on any atom is 0.397 e. The van der Waals surface area contributed by atoms with E-state index < -0.39 is 59.8 Å². The first-order chi connectivity index (χ1) is 26.6. The lowest BCUT2D eigenvalue weighted by molar-refractivity contribution is -0.301. The van der Waals surface area contributed by atoms with Crippen molar-refractivity contribution >= 4 is 16.4 Å². The van der Waals surface area contributed by atoms with Crippen molar-refractivity contribution in [3.8, 4) is 0 Å². The van der Waals surface area contributed by atoms with Crippen LogP contribution in [0.25, 0.3) is 0 Å². The summed E-state index contributed by atoms with van der Waals surface area (Å²) in [6.07, 6.45) is 27.7. The maximum atomic E-state index is 12.5. The molecule has 1 aliphatic rings. The molecule has 0 aromatic carbocycles. The SMILES string of the molecule is CCCCCCCCCC/C=C\CCCCCCCCCCCCCCOCC(COC1OC(CO)C(O)C(OS(=O)(=O)O)C1O)OC(=O)CCCCCC. The molecule has 0 bridgehead atoms. The minimum atomic E-state index is -5.05. The van der Waals surface area contributed by atoms with E-state index in [0.29, 0.717) is 13.0 Å².